The van der Waals surface area contributed by atoms with Crippen LogP contribution in [0.2, 0.25) is 0 Å². The number of halogens is 1. The molecule has 0 saturated carbocycles. The third-order valence-corrected chi connectivity index (χ3v) is 3.53. The van der Waals surface area contributed by atoms with Crippen LogP contribution in [0.4, 0.5) is 4.39 Å². The first-order valence-electron chi connectivity index (χ1n) is 5.75. The molecule has 0 saturated heterocycles. The van der Waals surface area contributed by atoms with E-state index in [0.717, 1.165) is 15.4 Å². The Balaban J connectivity index is 2.13. The van der Waals surface area contributed by atoms with Gasteiger partial charge in [-0.2, -0.15) is 0 Å². The lowest BCUT2D eigenvalue weighted by molar-refractivity contribution is 0.0988. The van der Waals surface area contributed by atoms with Crippen molar-refractivity contribution in [3.8, 4) is 0 Å². The van der Waals surface area contributed by atoms with E-state index in [9.17, 15) is 9.18 Å². The van der Waals surface area contributed by atoms with Gasteiger partial charge in [-0.1, -0.05) is 36.9 Å². The third kappa shape index (κ3) is 3.20. The van der Waals surface area contributed by atoms with Gasteiger partial charge in [-0.3, -0.25) is 4.79 Å². The van der Waals surface area contributed by atoms with Crippen molar-refractivity contribution in [3.63, 3.8) is 0 Å². The second-order valence-corrected chi connectivity index (χ2v) is 5.01. The number of rotatable bonds is 4. The molecule has 1 nitrogen and oxygen atoms in total. The monoisotopic (exact) mass is 260 g/mol. The standard InChI is InChI=1S/C15H13FOS/c1-2-15(17)11-6-8-13(9-7-11)18-14-5-3-4-12(16)10-14/h3-10H,2H2,1H3. The molecule has 0 bridgehead atoms. The zero-order chi connectivity index (χ0) is 13.0. The van der Waals surface area contributed by atoms with Crippen LogP contribution < -0.4 is 0 Å². The summed E-state index contributed by atoms with van der Waals surface area (Å²) in [6.45, 7) is 1.84. The van der Waals surface area contributed by atoms with E-state index in [4.69, 9.17) is 0 Å². The fraction of sp³-hybridized carbons (Fsp3) is 0.133. The first kappa shape index (κ1) is 12.8. The maximum Gasteiger partial charge on any atom is 0.162 e. The Morgan fingerprint density at radius 3 is 2.44 bits per heavy atom. The quantitative estimate of drug-likeness (QED) is 0.749. The van der Waals surface area contributed by atoms with Crippen LogP contribution in [-0.2, 0) is 0 Å². The van der Waals surface area contributed by atoms with Gasteiger partial charge in [-0.05, 0) is 30.3 Å². The number of benzene rings is 2. The molecule has 0 radical (unpaired) electrons. The summed E-state index contributed by atoms with van der Waals surface area (Å²) in [5.74, 6) is -0.102. The Hall–Kier alpha value is -1.61. The Morgan fingerprint density at radius 2 is 1.83 bits per heavy atom. The van der Waals surface area contributed by atoms with Gasteiger partial charge in [0.25, 0.3) is 0 Å². The summed E-state index contributed by atoms with van der Waals surface area (Å²) in [4.78, 5) is 13.3. The molecule has 18 heavy (non-hydrogen) atoms. The van der Waals surface area contributed by atoms with Crippen LogP contribution in [0, 0.1) is 5.82 Å². The number of carbonyl (C=O) groups excluding carboxylic acids is 1. The molecule has 3 heteroatoms. The smallest absolute Gasteiger partial charge is 0.162 e. The molecule has 0 unspecified atom stereocenters. The predicted molar refractivity (Wildman–Crippen MR) is 71.6 cm³/mol. The fourth-order valence-corrected chi connectivity index (χ4v) is 2.44. The third-order valence-electron chi connectivity index (χ3n) is 2.53. The SMILES string of the molecule is CCC(=O)c1ccc(Sc2cccc(F)c2)cc1. The average Bonchev–Trinajstić information content (AvgIpc) is 2.39. The van der Waals surface area contributed by atoms with Crippen molar-refractivity contribution in [2.24, 2.45) is 0 Å². The van der Waals surface area contributed by atoms with Gasteiger partial charge >= 0.3 is 0 Å². The minimum absolute atomic E-state index is 0.136. The molecule has 0 aliphatic heterocycles. The Morgan fingerprint density at radius 1 is 1.11 bits per heavy atom. The number of hydrogen-bond acceptors (Lipinski definition) is 2. The molecule has 0 N–H and O–H groups in total. The van der Waals surface area contributed by atoms with Crippen molar-refractivity contribution in [3.05, 3.63) is 59.9 Å². The van der Waals surface area contributed by atoms with E-state index in [-0.39, 0.29) is 11.6 Å². The van der Waals surface area contributed by atoms with Gasteiger partial charge < -0.3 is 0 Å². The lowest BCUT2D eigenvalue weighted by Crippen LogP contribution is -1.95. The first-order valence-corrected chi connectivity index (χ1v) is 6.57. The largest absolute Gasteiger partial charge is 0.294 e. The van der Waals surface area contributed by atoms with E-state index in [0.29, 0.717) is 6.42 Å². The van der Waals surface area contributed by atoms with E-state index in [1.54, 1.807) is 6.07 Å². The summed E-state index contributed by atoms with van der Waals surface area (Å²) in [5, 5.41) is 0. The van der Waals surface area contributed by atoms with Crippen LogP contribution in [0.25, 0.3) is 0 Å². The highest BCUT2D eigenvalue weighted by Gasteiger charge is 2.03. The summed E-state index contributed by atoms with van der Waals surface area (Å²) in [5.41, 5.74) is 0.723. The van der Waals surface area contributed by atoms with Gasteiger partial charge in [-0.15, -0.1) is 0 Å². The average molecular weight is 260 g/mol. The molecule has 0 aliphatic carbocycles. The topological polar surface area (TPSA) is 17.1 Å². The van der Waals surface area contributed by atoms with E-state index in [2.05, 4.69) is 0 Å². The molecule has 0 amide bonds. The summed E-state index contributed by atoms with van der Waals surface area (Å²) in [6.07, 6.45) is 0.510. The van der Waals surface area contributed by atoms with Crippen LogP contribution >= 0.6 is 11.8 Å². The summed E-state index contributed by atoms with van der Waals surface area (Å²) >= 11 is 1.48. The molecule has 0 aliphatic rings. The van der Waals surface area contributed by atoms with Crippen LogP contribution in [0.3, 0.4) is 0 Å². The number of Topliss-reactive ketones (excluding diaryl/α,β-unsaturated/α-hetero) is 1. The zero-order valence-corrected chi connectivity index (χ0v) is 10.8. The van der Waals surface area contributed by atoms with Crippen molar-refractivity contribution >= 4 is 17.5 Å². The Bertz CT molecular complexity index is 549. The Labute approximate surface area is 110 Å². The number of carbonyl (C=O) groups is 1. The van der Waals surface area contributed by atoms with E-state index < -0.39 is 0 Å². The lowest BCUT2D eigenvalue weighted by Gasteiger charge is -2.03. The summed E-state index contributed by atoms with van der Waals surface area (Å²) in [7, 11) is 0. The highest BCUT2D eigenvalue weighted by atomic mass is 32.2. The van der Waals surface area contributed by atoms with Gasteiger partial charge in [0.2, 0.25) is 0 Å². The second kappa shape index (κ2) is 5.83. The molecule has 0 spiro atoms. The highest BCUT2D eigenvalue weighted by molar-refractivity contribution is 7.99. The Kier molecular flexibility index (Phi) is 4.15. The van der Waals surface area contributed by atoms with Crippen LogP contribution in [0.1, 0.15) is 23.7 Å². The van der Waals surface area contributed by atoms with E-state index in [1.807, 2.05) is 37.3 Å². The second-order valence-electron chi connectivity index (χ2n) is 3.86. The molecule has 0 heterocycles. The van der Waals surface area contributed by atoms with Gasteiger partial charge in [0.05, 0.1) is 0 Å². The van der Waals surface area contributed by atoms with Crippen molar-refractivity contribution in [2.45, 2.75) is 23.1 Å². The van der Waals surface area contributed by atoms with Crippen molar-refractivity contribution < 1.29 is 9.18 Å². The first-order chi connectivity index (χ1) is 8.69. The highest BCUT2D eigenvalue weighted by Crippen LogP contribution is 2.28. The molecule has 2 rings (SSSR count). The molecule has 2 aromatic rings. The molecular formula is C15H13FOS. The maximum absolute atomic E-state index is 13.0. The maximum atomic E-state index is 13.0. The number of ketones is 1. The zero-order valence-electron chi connectivity index (χ0n) is 10.0. The molecule has 0 atom stereocenters. The molecule has 0 aromatic heterocycles. The van der Waals surface area contributed by atoms with Crippen molar-refractivity contribution in [1.29, 1.82) is 0 Å². The molecule has 2 aromatic carbocycles. The van der Waals surface area contributed by atoms with E-state index in [1.165, 1.54) is 23.9 Å². The van der Waals surface area contributed by atoms with Gasteiger partial charge in [-0.25, -0.2) is 4.39 Å². The van der Waals surface area contributed by atoms with Crippen LogP contribution in [0.15, 0.2) is 58.3 Å². The van der Waals surface area contributed by atoms with Crippen LogP contribution in [0.5, 0.6) is 0 Å². The van der Waals surface area contributed by atoms with Crippen molar-refractivity contribution in [1.82, 2.24) is 0 Å². The summed E-state index contributed by atoms with van der Waals surface area (Å²) in [6, 6.07) is 13.9. The van der Waals surface area contributed by atoms with E-state index >= 15 is 0 Å². The van der Waals surface area contributed by atoms with Crippen LogP contribution in [-0.4, -0.2) is 5.78 Å². The minimum atomic E-state index is -0.238. The number of hydrogen-bond donors (Lipinski definition) is 0. The minimum Gasteiger partial charge on any atom is -0.294 e. The normalized spacial score (nSPS) is 10.3. The fourth-order valence-electron chi connectivity index (χ4n) is 1.58. The van der Waals surface area contributed by atoms with Gasteiger partial charge in [0.15, 0.2) is 5.78 Å². The molecule has 92 valence electrons. The molecular weight excluding hydrogens is 247 g/mol. The van der Waals surface area contributed by atoms with Gasteiger partial charge in [0.1, 0.15) is 5.82 Å². The summed E-state index contributed by atoms with van der Waals surface area (Å²) < 4.78 is 13.0. The predicted octanol–water partition coefficient (Wildman–Crippen LogP) is 4.57. The van der Waals surface area contributed by atoms with Crippen molar-refractivity contribution in [2.75, 3.05) is 0 Å². The van der Waals surface area contributed by atoms with Gasteiger partial charge in [0, 0.05) is 21.8 Å². The lowest BCUT2D eigenvalue weighted by atomic mass is 10.1. The molecule has 0 fully saturated rings.